The third-order valence-corrected chi connectivity index (χ3v) is 5.21. The van der Waals surface area contributed by atoms with Crippen LogP contribution in [0.25, 0.3) is 0 Å². The molecule has 2 aliphatic rings. The molecule has 0 spiro atoms. The zero-order chi connectivity index (χ0) is 17.6. The molecule has 0 aromatic carbocycles. The second-order valence-corrected chi connectivity index (χ2v) is 6.74. The summed E-state index contributed by atoms with van der Waals surface area (Å²) < 4.78 is 11.1. The Balaban J connectivity index is 2.51. The Labute approximate surface area is 134 Å². The van der Waals surface area contributed by atoms with E-state index in [0.717, 1.165) is 6.08 Å². The highest BCUT2D eigenvalue weighted by molar-refractivity contribution is 5.81. The van der Waals surface area contributed by atoms with Crippen LogP contribution in [0.15, 0.2) is 23.8 Å². The van der Waals surface area contributed by atoms with E-state index >= 15 is 0 Å². The van der Waals surface area contributed by atoms with Gasteiger partial charge in [0.15, 0.2) is 6.29 Å². The van der Waals surface area contributed by atoms with Crippen molar-refractivity contribution in [1.82, 2.24) is 0 Å². The van der Waals surface area contributed by atoms with Crippen molar-refractivity contribution in [3.8, 4) is 0 Å². The van der Waals surface area contributed by atoms with E-state index in [1.807, 2.05) is 0 Å². The van der Waals surface area contributed by atoms with Gasteiger partial charge in [-0.15, -0.1) is 0 Å². The quantitative estimate of drug-likeness (QED) is 0.430. The van der Waals surface area contributed by atoms with Crippen LogP contribution in [0, 0.1) is 5.41 Å². The fraction of sp³-hybridized carbons (Fsp3) is 0.688. The Morgan fingerprint density at radius 3 is 2.48 bits per heavy atom. The van der Waals surface area contributed by atoms with Crippen molar-refractivity contribution in [2.24, 2.45) is 5.41 Å². The van der Waals surface area contributed by atoms with Gasteiger partial charge in [0.1, 0.15) is 11.2 Å². The molecule has 0 aromatic heterocycles. The van der Waals surface area contributed by atoms with Gasteiger partial charge in [-0.3, -0.25) is 0 Å². The third kappa shape index (κ3) is 2.43. The molecule has 1 aliphatic carbocycles. The van der Waals surface area contributed by atoms with Crippen molar-refractivity contribution in [1.29, 1.82) is 0 Å². The number of allylic oxidation sites excluding steroid dienone is 2. The number of carboxylic acid groups (broad SMARTS) is 1. The molecule has 2 fully saturated rings. The summed E-state index contributed by atoms with van der Waals surface area (Å²) in [4.78, 5) is 10.7. The number of fused-ring (bicyclic) bond motifs is 2. The second-order valence-electron chi connectivity index (χ2n) is 6.74. The monoisotopic (exact) mass is 328 g/mol. The molecule has 1 saturated carbocycles. The molecule has 4 N–H and O–H groups in total. The SMILES string of the molecule is CO[C@@H]1O[C@]2(C)C[C@@H](O)[C@@H](O)[C@@]1(C)[C@@]2(O)/C=C/C(C)=C/C(=O)O. The van der Waals surface area contributed by atoms with Crippen LogP contribution in [0.1, 0.15) is 27.2 Å². The molecule has 23 heavy (non-hydrogen) atoms. The summed E-state index contributed by atoms with van der Waals surface area (Å²) in [5.41, 5.74) is -3.71. The normalized spacial score (nSPS) is 47.3. The first-order valence-corrected chi connectivity index (χ1v) is 7.41. The summed E-state index contributed by atoms with van der Waals surface area (Å²) in [6.45, 7) is 4.81. The molecule has 0 radical (unpaired) electrons. The zero-order valence-electron chi connectivity index (χ0n) is 13.7. The van der Waals surface area contributed by atoms with Crippen LogP contribution in [-0.2, 0) is 14.3 Å². The van der Waals surface area contributed by atoms with Gasteiger partial charge in [0.05, 0.1) is 17.6 Å². The molecular weight excluding hydrogens is 304 g/mol. The summed E-state index contributed by atoms with van der Waals surface area (Å²) >= 11 is 0. The lowest BCUT2D eigenvalue weighted by atomic mass is 9.57. The largest absolute Gasteiger partial charge is 0.478 e. The first kappa shape index (κ1) is 18.1. The van der Waals surface area contributed by atoms with Crippen LogP contribution in [0.5, 0.6) is 0 Å². The third-order valence-electron chi connectivity index (χ3n) is 5.21. The number of methoxy groups -OCH3 is 1. The van der Waals surface area contributed by atoms with Gasteiger partial charge in [-0.05, 0) is 32.4 Å². The van der Waals surface area contributed by atoms with Gasteiger partial charge >= 0.3 is 5.97 Å². The smallest absolute Gasteiger partial charge is 0.328 e. The molecule has 1 aliphatic heterocycles. The molecule has 1 saturated heterocycles. The van der Waals surface area contributed by atoms with Crippen molar-refractivity contribution >= 4 is 5.97 Å². The molecule has 130 valence electrons. The average Bonchev–Trinajstić information content (AvgIpc) is 2.57. The van der Waals surface area contributed by atoms with Crippen molar-refractivity contribution in [3.63, 3.8) is 0 Å². The van der Waals surface area contributed by atoms with E-state index in [0.29, 0.717) is 5.57 Å². The highest BCUT2D eigenvalue weighted by atomic mass is 16.7. The molecule has 2 rings (SSSR count). The highest BCUT2D eigenvalue weighted by Crippen LogP contribution is 2.60. The van der Waals surface area contributed by atoms with Crippen molar-refractivity contribution in [3.05, 3.63) is 23.8 Å². The van der Waals surface area contributed by atoms with E-state index < -0.39 is 41.1 Å². The fourth-order valence-electron chi connectivity index (χ4n) is 3.82. The summed E-state index contributed by atoms with van der Waals surface area (Å²) in [6, 6.07) is 0. The molecule has 2 bridgehead atoms. The van der Waals surface area contributed by atoms with Gasteiger partial charge in [-0.2, -0.15) is 0 Å². The van der Waals surface area contributed by atoms with Gasteiger partial charge in [-0.25, -0.2) is 4.79 Å². The number of aliphatic hydroxyl groups is 3. The lowest BCUT2D eigenvalue weighted by Gasteiger charge is -2.52. The summed E-state index contributed by atoms with van der Waals surface area (Å²) in [5, 5.41) is 40.7. The maximum atomic E-state index is 11.3. The number of hydrogen-bond acceptors (Lipinski definition) is 6. The van der Waals surface area contributed by atoms with Crippen LogP contribution < -0.4 is 0 Å². The maximum Gasteiger partial charge on any atom is 0.328 e. The van der Waals surface area contributed by atoms with Crippen molar-refractivity contribution in [2.75, 3.05) is 7.11 Å². The second kappa shape index (κ2) is 5.68. The molecule has 0 unspecified atom stereocenters. The van der Waals surface area contributed by atoms with Gasteiger partial charge < -0.3 is 29.9 Å². The maximum absolute atomic E-state index is 11.3. The summed E-state index contributed by atoms with van der Waals surface area (Å²) in [5.74, 6) is -1.09. The van der Waals surface area contributed by atoms with Gasteiger partial charge in [0.25, 0.3) is 0 Å². The number of carboxylic acids is 1. The van der Waals surface area contributed by atoms with Crippen LogP contribution in [0.2, 0.25) is 0 Å². The number of carbonyl (C=O) groups is 1. The minimum Gasteiger partial charge on any atom is -0.478 e. The van der Waals surface area contributed by atoms with Crippen LogP contribution in [0.3, 0.4) is 0 Å². The Hall–Kier alpha value is -1.25. The molecule has 0 aromatic rings. The Morgan fingerprint density at radius 2 is 1.96 bits per heavy atom. The number of rotatable bonds is 4. The Bertz CT molecular complexity index is 557. The van der Waals surface area contributed by atoms with E-state index in [9.17, 15) is 20.1 Å². The average molecular weight is 328 g/mol. The van der Waals surface area contributed by atoms with Gasteiger partial charge in [-0.1, -0.05) is 6.08 Å². The van der Waals surface area contributed by atoms with Crippen molar-refractivity contribution < 1.29 is 34.7 Å². The van der Waals surface area contributed by atoms with Gasteiger partial charge in [0.2, 0.25) is 0 Å². The predicted molar refractivity (Wildman–Crippen MR) is 80.5 cm³/mol. The Morgan fingerprint density at radius 1 is 1.35 bits per heavy atom. The minimum atomic E-state index is -1.65. The molecule has 7 heteroatoms. The van der Waals surface area contributed by atoms with Crippen LogP contribution >= 0.6 is 0 Å². The first-order valence-electron chi connectivity index (χ1n) is 7.41. The first-order chi connectivity index (χ1) is 10.5. The lowest BCUT2D eigenvalue weighted by molar-refractivity contribution is -0.204. The molecule has 1 heterocycles. The van der Waals surface area contributed by atoms with E-state index in [1.54, 1.807) is 20.8 Å². The molecule has 6 atom stereocenters. The van der Waals surface area contributed by atoms with Crippen LogP contribution in [-0.4, -0.2) is 63.2 Å². The van der Waals surface area contributed by atoms with Crippen LogP contribution in [0.4, 0.5) is 0 Å². The highest BCUT2D eigenvalue weighted by Gasteiger charge is 2.75. The van der Waals surface area contributed by atoms with E-state index in [-0.39, 0.29) is 6.42 Å². The fourth-order valence-corrected chi connectivity index (χ4v) is 3.82. The number of hydrogen-bond donors (Lipinski definition) is 4. The zero-order valence-corrected chi connectivity index (χ0v) is 13.7. The van der Waals surface area contributed by atoms with E-state index in [2.05, 4.69) is 0 Å². The molecular formula is C16H24O7. The van der Waals surface area contributed by atoms with E-state index in [1.165, 1.54) is 19.3 Å². The molecule has 0 amide bonds. The minimum absolute atomic E-state index is 0.0200. The predicted octanol–water partition coefficient (Wildman–Crippen LogP) is 0.198. The van der Waals surface area contributed by atoms with Crippen molar-refractivity contribution in [2.45, 2.75) is 56.9 Å². The number of ether oxygens (including phenoxy) is 2. The number of aliphatic carboxylic acids is 1. The van der Waals surface area contributed by atoms with E-state index in [4.69, 9.17) is 14.6 Å². The summed E-state index contributed by atoms with van der Waals surface area (Å²) in [7, 11) is 1.40. The lowest BCUT2D eigenvalue weighted by Crippen LogP contribution is -2.68. The topological polar surface area (TPSA) is 116 Å². The molecule has 7 nitrogen and oxygen atoms in total. The standard InChI is InChI=1S/C16H24O7/c1-9(7-11(18)19)5-6-16(21)14(2)8-10(17)12(20)15(16,3)13(22-4)23-14/h5-7,10,12-13,17,20-21H,8H2,1-4H3,(H,18,19)/b6-5+,9-7+/t10-,12-,13-,14-,15-,16-/m1/s1. The Kier molecular flexibility index (Phi) is 4.47. The van der Waals surface area contributed by atoms with Gasteiger partial charge in [0, 0.05) is 19.6 Å². The number of aliphatic hydroxyl groups excluding tert-OH is 2. The summed E-state index contributed by atoms with van der Waals surface area (Å²) in [6.07, 6.45) is 0.683.